The topological polar surface area (TPSA) is 53.4 Å². The number of thiol groups is 1. The van der Waals surface area contributed by atoms with Crippen molar-refractivity contribution in [3.63, 3.8) is 0 Å². The van der Waals surface area contributed by atoms with E-state index in [1.54, 1.807) is 0 Å². The molecule has 3 nitrogen and oxygen atoms in total. The van der Waals surface area contributed by atoms with Gasteiger partial charge in [0.25, 0.3) is 0 Å². The van der Waals surface area contributed by atoms with Gasteiger partial charge in [-0.3, -0.25) is 0 Å². The van der Waals surface area contributed by atoms with E-state index in [1.165, 1.54) is 18.2 Å². The second-order valence-corrected chi connectivity index (χ2v) is 2.95. The average molecular weight is 203 g/mol. The second-order valence-electron chi connectivity index (χ2n) is 2.58. The Bertz CT molecular complexity index is 285. The molecule has 1 rings (SSSR count). The highest BCUT2D eigenvalue weighted by Gasteiger charge is 2.18. The van der Waals surface area contributed by atoms with Crippen molar-refractivity contribution >= 4 is 12.6 Å². The van der Waals surface area contributed by atoms with Crippen LogP contribution < -0.4 is 0 Å². The standard InChI is InChI=1S/C8H10FNO2S/c9-7-3-1-2-5(10-7)8(12)6(11)4-13/h1-3,6,8,11-13H,4H2. The number of hydrogen-bond acceptors (Lipinski definition) is 4. The SMILES string of the molecule is OC(CS)C(O)c1cccc(F)n1. The van der Waals surface area contributed by atoms with Crippen LogP contribution in [0, 0.1) is 5.95 Å². The molecule has 2 atom stereocenters. The Hall–Kier alpha value is -0.650. The van der Waals surface area contributed by atoms with Crippen molar-refractivity contribution in [2.24, 2.45) is 0 Å². The van der Waals surface area contributed by atoms with E-state index in [0.29, 0.717) is 0 Å². The van der Waals surface area contributed by atoms with Crippen molar-refractivity contribution in [2.75, 3.05) is 5.75 Å². The third-order valence-electron chi connectivity index (χ3n) is 1.59. The van der Waals surface area contributed by atoms with Gasteiger partial charge in [0.05, 0.1) is 11.8 Å². The number of pyridine rings is 1. The van der Waals surface area contributed by atoms with Crippen LogP contribution in [0.5, 0.6) is 0 Å². The summed E-state index contributed by atoms with van der Waals surface area (Å²) in [6, 6.07) is 4.04. The summed E-state index contributed by atoms with van der Waals surface area (Å²) < 4.78 is 12.6. The first-order valence-electron chi connectivity index (χ1n) is 3.74. The van der Waals surface area contributed by atoms with E-state index in [9.17, 15) is 14.6 Å². The molecule has 2 unspecified atom stereocenters. The highest BCUT2D eigenvalue weighted by atomic mass is 32.1. The van der Waals surface area contributed by atoms with Crippen molar-refractivity contribution in [3.8, 4) is 0 Å². The minimum atomic E-state index is -1.19. The smallest absolute Gasteiger partial charge is 0.213 e. The van der Waals surface area contributed by atoms with Crippen LogP contribution in [0.2, 0.25) is 0 Å². The van der Waals surface area contributed by atoms with E-state index in [4.69, 9.17) is 0 Å². The van der Waals surface area contributed by atoms with Crippen LogP contribution in [-0.2, 0) is 0 Å². The third kappa shape index (κ3) is 2.65. The Morgan fingerprint density at radius 2 is 2.15 bits per heavy atom. The lowest BCUT2D eigenvalue weighted by molar-refractivity contribution is 0.0305. The Morgan fingerprint density at radius 1 is 1.46 bits per heavy atom. The predicted molar refractivity (Wildman–Crippen MR) is 49.0 cm³/mol. The normalized spacial score (nSPS) is 15.4. The summed E-state index contributed by atoms with van der Waals surface area (Å²) in [4.78, 5) is 3.43. The fourth-order valence-corrected chi connectivity index (χ4v) is 1.09. The van der Waals surface area contributed by atoms with Crippen LogP contribution in [0.15, 0.2) is 18.2 Å². The summed E-state index contributed by atoms with van der Waals surface area (Å²) in [7, 11) is 0. The minimum Gasteiger partial charge on any atom is -0.389 e. The van der Waals surface area contributed by atoms with Gasteiger partial charge in [-0.2, -0.15) is 17.0 Å². The average Bonchev–Trinajstić information content (AvgIpc) is 2.15. The molecule has 0 bridgehead atoms. The predicted octanol–water partition coefficient (Wildman–Crippen LogP) is 0.545. The van der Waals surface area contributed by atoms with Gasteiger partial charge < -0.3 is 10.2 Å². The molecule has 0 saturated heterocycles. The molecule has 13 heavy (non-hydrogen) atoms. The molecule has 0 radical (unpaired) electrons. The van der Waals surface area contributed by atoms with Gasteiger partial charge in [0.1, 0.15) is 6.10 Å². The molecule has 0 aliphatic heterocycles. The molecular weight excluding hydrogens is 193 g/mol. The van der Waals surface area contributed by atoms with Crippen molar-refractivity contribution in [1.29, 1.82) is 0 Å². The molecule has 0 amide bonds. The molecule has 1 aromatic rings. The molecule has 2 N–H and O–H groups in total. The number of aliphatic hydroxyl groups excluding tert-OH is 2. The van der Waals surface area contributed by atoms with E-state index >= 15 is 0 Å². The molecule has 0 aromatic carbocycles. The van der Waals surface area contributed by atoms with Crippen molar-refractivity contribution in [2.45, 2.75) is 12.2 Å². The van der Waals surface area contributed by atoms with Crippen LogP contribution in [-0.4, -0.2) is 27.1 Å². The molecule has 72 valence electrons. The number of hydrogen-bond donors (Lipinski definition) is 3. The van der Waals surface area contributed by atoms with Crippen LogP contribution >= 0.6 is 12.6 Å². The highest BCUT2D eigenvalue weighted by molar-refractivity contribution is 7.80. The summed E-state index contributed by atoms with van der Waals surface area (Å²) >= 11 is 3.80. The van der Waals surface area contributed by atoms with Gasteiger partial charge >= 0.3 is 0 Å². The Balaban J connectivity index is 2.82. The van der Waals surface area contributed by atoms with E-state index < -0.39 is 18.2 Å². The van der Waals surface area contributed by atoms with E-state index in [1.807, 2.05) is 0 Å². The Labute approximate surface area is 80.7 Å². The van der Waals surface area contributed by atoms with Crippen molar-refractivity contribution in [3.05, 3.63) is 29.8 Å². The Kier molecular flexibility index (Phi) is 3.65. The van der Waals surface area contributed by atoms with Crippen LogP contribution in [0.4, 0.5) is 4.39 Å². The lowest BCUT2D eigenvalue weighted by Crippen LogP contribution is -2.20. The molecule has 0 aliphatic carbocycles. The number of halogens is 1. The quantitative estimate of drug-likeness (QED) is 0.496. The van der Waals surface area contributed by atoms with Crippen molar-refractivity contribution in [1.82, 2.24) is 4.98 Å². The van der Waals surface area contributed by atoms with Crippen LogP contribution in [0.25, 0.3) is 0 Å². The maximum absolute atomic E-state index is 12.6. The van der Waals surface area contributed by atoms with Crippen LogP contribution in [0.1, 0.15) is 11.8 Å². The molecule has 1 heterocycles. The zero-order valence-electron chi connectivity index (χ0n) is 6.76. The maximum atomic E-state index is 12.6. The van der Waals surface area contributed by atoms with Crippen LogP contribution in [0.3, 0.4) is 0 Å². The van der Waals surface area contributed by atoms with Gasteiger partial charge in [-0.1, -0.05) is 6.07 Å². The van der Waals surface area contributed by atoms with Gasteiger partial charge in [0, 0.05) is 5.75 Å². The number of rotatable bonds is 3. The van der Waals surface area contributed by atoms with Gasteiger partial charge in [0.2, 0.25) is 5.95 Å². The first kappa shape index (κ1) is 10.4. The molecule has 0 spiro atoms. The Morgan fingerprint density at radius 3 is 2.69 bits per heavy atom. The molecule has 0 aliphatic rings. The fourth-order valence-electron chi connectivity index (χ4n) is 0.886. The molecule has 1 aromatic heterocycles. The van der Waals surface area contributed by atoms with Gasteiger partial charge in [-0.15, -0.1) is 0 Å². The molecule has 0 fully saturated rings. The summed E-state index contributed by atoms with van der Waals surface area (Å²) in [6.07, 6.45) is -2.22. The second kappa shape index (κ2) is 4.55. The lowest BCUT2D eigenvalue weighted by atomic mass is 10.1. The highest BCUT2D eigenvalue weighted by Crippen LogP contribution is 2.15. The number of aromatic nitrogens is 1. The van der Waals surface area contributed by atoms with Crippen molar-refractivity contribution < 1.29 is 14.6 Å². The van der Waals surface area contributed by atoms with Gasteiger partial charge in [-0.05, 0) is 12.1 Å². The van der Waals surface area contributed by atoms with E-state index in [-0.39, 0.29) is 11.4 Å². The fraction of sp³-hybridized carbons (Fsp3) is 0.375. The molecule has 0 saturated carbocycles. The summed E-state index contributed by atoms with van der Waals surface area (Å²) in [5, 5.41) is 18.6. The molecule has 5 heteroatoms. The third-order valence-corrected chi connectivity index (χ3v) is 1.97. The summed E-state index contributed by atoms with van der Waals surface area (Å²) in [5.41, 5.74) is 0.113. The number of nitrogens with zero attached hydrogens (tertiary/aromatic N) is 1. The molecular formula is C8H10FNO2S. The maximum Gasteiger partial charge on any atom is 0.213 e. The summed E-state index contributed by atoms with van der Waals surface area (Å²) in [6.45, 7) is 0. The largest absolute Gasteiger partial charge is 0.389 e. The van der Waals surface area contributed by atoms with Gasteiger partial charge in [0.15, 0.2) is 0 Å². The minimum absolute atomic E-state index is 0.0966. The zero-order valence-corrected chi connectivity index (χ0v) is 7.66. The van der Waals surface area contributed by atoms with E-state index in [2.05, 4.69) is 17.6 Å². The monoisotopic (exact) mass is 203 g/mol. The summed E-state index contributed by atoms with van der Waals surface area (Å²) in [5.74, 6) is -0.581. The van der Waals surface area contributed by atoms with E-state index in [0.717, 1.165) is 0 Å². The number of aliphatic hydroxyl groups is 2. The first-order chi connectivity index (χ1) is 6.15. The lowest BCUT2D eigenvalue weighted by Gasteiger charge is -2.14. The zero-order chi connectivity index (χ0) is 9.84. The van der Waals surface area contributed by atoms with Gasteiger partial charge in [-0.25, -0.2) is 4.98 Å². The first-order valence-corrected chi connectivity index (χ1v) is 4.38.